The third-order valence-corrected chi connectivity index (χ3v) is 2.35. The van der Waals surface area contributed by atoms with Gasteiger partial charge in [-0.3, -0.25) is 0 Å². The Morgan fingerprint density at radius 3 is 3.00 bits per heavy atom. The van der Waals surface area contributed by atoms with Crippen molar-refractivity contribution in [2.45, 2.75) is 38.8 Å². The molecular weight excluding hydrogens is 152 g/mol. The largest absolute Gasteiger partial charge is 0.364 e. The average molecular weight is 166 g/mol. The Morgan fingerprint density at radius 2 is 2.42 bits per heavy atom. The smallest absolute Gasteiger partial charge is 0.145 e. The molecule has 0 spiro atoms. The maximum Gasteiger partial charge on any atom is 0.145 e. The number of rotatable bonds is 3. The van der Waals surface area contributed by atoms with Gasteiger partial charge in [-0.05, 0) is 26.7 Å². The van der Waals surface area contributed by atoms with Crippen LogP contribution in [0.1, 0.15) is 26.7 Å². The molecule has 1 aliphatic rings. The number of anilines is 1. The molecule has 4 nitrogen and oxygen atoms in total. The van der Waals surface area contributed by atoms with Crippen molar-refractivity contribution in [1.82, 2.24) is 15.0 Å². The Kier molecular flexibility index (Phi) is 1.56. The first-order valence-electron chi connectivity index (χ1n) is 4.40. The lowest BCUT2D eigenvalue weighted by Gasteiger charge is -2.12. The fraction of sp³-hybridized carbons (Fsp3) is 0.750. The second-order valence-corrected chi connectivity index (χ2v) is 3.62. The molecule has 1 heterocycles. The molecule has 0 aromatic carbocycles. The summed E-state index contributed by atoms with van der Waals surface area (Å²) in [7, 11) is 0. The first-order valence-corrected chi connectivity index (χ1v) is 4.40. The van der Waals surface area contributed by atoms with Crippen LogP contribution in [-0.4, -0.2) is 20.5 Å². The summed E-state index contributed by atoms with van der Waals surface area (Å²) in [5.41, 5.74) is 0.314. The molecular formula is C8H14N4. The minimum atomic E-state index is 0.314. The molecule has 1 saturated carbocycles. The zero-order valence-electron chi connectivity index (χ0n) is 7.54. The fourth-order valence-electron chi connectivity index (χ4n) is 1.21. The maximum atomic E-state index is 3.95. The van der Waals surface area contributed by atoms with E-state index in [1.807, 2.05) is 4.68 Å². The van der Waals surface area contributed by atoms with Crippen molar-refractivity contribution in [3.8, 4) is 0 Å². The van der Waals surface area contributed by atoms with Crippen molar-refractivity contribution in [3.63, 3.8) is 0 Å². The summed E-state index contributed by atoms with van der Waals surface area (Å²) in [4.78, 5) is 0. The van der Waals surface area contributed by atoms with Crippen molar-refractivity contribution in [2.24, 2.45) is 0 Å². The zero-order chi connectivity index (χ0) is 8.60. The van der Waals surface area contributed by atoms with E-state index in [0.29, 0.717) is 5.54 Å². The van der Waals surface area contributed by atoms with E-state index in [1.165, 1.54) is 12.8 Å². The normalized spacial score (nSPS) is 19.2. The van der Waals surface area contributed by atoms with Crippen LogP contribution in [0.5, 0.6) is 0 Å². The van der Waals surface area contributed by atoms with Crippen LogP contribution >= 0.6 is 0 Å². The minimum Gasteiger partial charge on any atom is -0.364 e. The van der Waals surface area contributed by atoms with Crippen molar-refractivity contribution < 1.29 is 0 Å². The predicted molar refractivity (Wildman–Crippen MR) is 47.0 cm³/mol. The average Bonchev–Trinajstić information content (AvgIpc) is 2.64. The number of nitrogens with one attached hydrogen (secondary N) is 1. The second-order valence-electron chi connectivity index (χ2n) is 3.62. The number of aryl methyl sites for hydroxylation is 1. The summed E-state index contributed by atoms with van der Waals surface area (Å²) in [6.45, 7) is 5.16. The molecule has 0 atom stereocenters. The highest BCUT2D eigenvalue weighted by Gasteiger charge is 2.37. The molecule has 12 heavy (non-hydrogen) atoms. The van der Waals surface area contributed by atoms with Crippen LogP contribution in [0.25, 0.3) is 0 Å². The van der Waals surface area contributed by atoms with Gasteiger partial charge in [0.25, 0.3) is 0 Å². The van der Waals surface area contributed by atoms with Gasteiger partial charge >= 0.3 is 0 Å². The van der Waals surface area contributed by atoms with Gasteiger partial charge in [0.05, 0.1) is 6.20 Å². The lowest BCUT2D eigenvalue weighted by atomic mass is 10.3. The third kappa shape index (κ3) is 1.29. The lowest BCUT2D eigenvalue weighted by Crippen LogP contribution is -2.18. The van der Waals surface area contributed by atoms with Gasteiger partial charge in [-0.1, -0.05) is 5.21 Å². The van der Waals surface area contributed by atoms with Crippen LogP contribution < -0.4 is 5.32 Å². The van der Waals surface area contributed by atoms with Gasteiger partial charge in [-0.15, -0.1) is 5.10 Å². The number of hydrogen-bond donors (Lipinski definition) is 1. The van der Waals surface area contributed by atoms with Crippen LogP contribution in [-0.2, 0) is 6.54 Å². The van der Waals surface area contributed by atoms with E-state index in [2.05, 4.69) is 29.5 Å². The standard InChI is InChI=1S/C8H14N4/c1-3-12-7(6-9-11-12)10-8(2)4-5-8/h6,10H,3-5H2,1-2H3. The van der Waals surface area contributed by atoms with Crippen molar-refractivity contribution in [2.75, 3.05) is 5.32 Å². The summed E-state index contributed by atoms with van der Waals surface area (Å²) in [6.07, 6.45) is 4.29. The summed E-state index contributed by atoms with van der Waals surface area (Å²) in [5.74, 6) is 1.04. The Hall–Kier alpha value is -1.06. The van der Waals surface area contributed by atoms with Gasteiger partial charge in [0.2, 0.25) is 0 Å². The first kappa shape index (κ1) is 7.58. The highest BCUT2D eigenvalue weighted by molar-refractivity contribution is 5.37. The Bertz CT molecular complexity index is 274. The van der Waals surface area contributed by atoms with Crippen LogP contribution in [0.3, 0.4) is 0 Å². The van der Waals surface area contributed by atoms with E-state index in [9.17, 15) is 0 Å². The Balaban J connectivity index is 2.11. The Morgan fingerprint density at radius 1 is 1.67 bits per heavy atom. The molecule has 0 saturated heterocycles. The predicted octanol–water partition coefficient (Wildman–Crippen LogP) is 1.26. The van der Waals surface area contributed by atoms with Gasteiger partial charge in [0, 0.05) is 12.1 Å². The molecule has 1 aliphatic carbocycles. The van der Waals surface area contributed by atoms with Crippen LogP contribution in [0, 0.1) is 0 Å². The number of aromatic nitrogens is 3. The molecule has 1 fully saturated rings. The third-order valence-electron chi connectivity index (χ3n) is 2.35. The van der Waals surface area contributed by atoms with Gasteiger partial charge in [0.1, 0.15) is 5.82 Å². The molecule has 0 unspecified atom stereocenters. The Labute approximate surface area is 72.0 Å². The van der Waals surface area contributed by atoms with Gasteiger partial charge in [-0.2, -0.15) is 0 Å². The zero-order valence-corrected chi connectivity index (χ0v) is 7.54. The summed E-state index contributed by atoms with van der Waals surface area (Å²) in [6, 6.07) is 0. The topological polar surface area (TPSA) is 42.7 Å². The molecule has 4 heteroatoms. The minimum absolute atomic E-state index is 0.314. The molecule has 1 N–H and O–H groups in total. The molecule has 66 valence electrons. The summed E-state index contributed by atoms with van der Waals surface area (Å²) in [5, 5.41) is 11.2. The van der Waals surface area contributed by atoms with Crippen LogP contribution in [0.15, 0.2) is 6.20 Å². The van der Waals surface area contributed by atoms with Crippen molar-refractivity contribution in [1.29, 1.82) is 0 Å². The van der Waals surface area contributed by atoms with E-state index in [0.717, 1.165) is 12.4 Å². The number of hydrogen-bond acceptors (Lipinski definition) is 3. The molecule has 2 rings (SSSR count). The van der Waals surface area contributed by atoms with Crippen molar-refractivity contribution in [3.05, 3.63) is 6.20 Å². The monoisotopic (exact) mass is 166 g/mol. The molecule has 0 aliphatic heterocycles. The molecule has 0 bridgehead atoms. The molecule has 0 amide bonds. The van der Waals surface area contributed by atoms with E-state index in [-0.39, 0.29) is 0 Å². The molecule has 1 aromatic heterocycles. The van der Waals surface area contributed by atoms with Gasteiger partial charge in [-0.25, -0.2) is 4.68 Å². The van der Waals surface area contributed by atoms with E-state index in [4.69, 9.17) is 0 Å². The second kappa shape index (κ2) is 2.47. The van der Waals surface area contributed by atoms with Crippen molar-refractivity contribution >= 4 is 5.82 Å². The quantitative estimate of drug-likeness (QED) is 0.735. The summed E-state index contributed by atoms with van der Waals surface area (Å²) >= 11 is 0. The molecule has 0 radical (unpaired) electrons. The lowest BCUT2D eigenvalue weighted by molar-refractivity contribution is 0.624. The SMILES string of the molecule is CCn1nncc1NC1(C)CC1. The highest BCUT2D eigenvalue weighted by Crippen LogP contribution is 2.37. The van der Waals surface area contributed by atoms with Gasteiger partial charge in [0.15, 0.2) is 0 Å². The van der Waals surface area contributed by atoms with E-state index in [1.54, 1.807) is 6.20 Å². The fourth-order valence-corrected chi connectivity index (χ4v) is 1.21. The highest BCUT2D eigenvalue weighted by atomic mass is 15.5. The molecule has 1 aromatic rings. The van der Waals surface area contributed by atoms with Crippen LogP contribution in [0.2, 0.25) is 0 Å². The summed E-state index contributed by atoms with van der Waals surface area (Å²) < 4.78 is 1.88. The maximum absolute atomic E-state index is 3.95. The first-order chi connectivity index (χ1) is 5.73. The van der Waals surface area contributed by atoms with E-state index >= 15 is 0 Å². The van der Waals surface area contributed by atoms with Gasteiger partial charge < -0.3 is 5.32 Å². The van der Waals surface area contributed by atoms with E-state index < -0.39 is 0 Å². The van der Waals surface area contributed by atoms with Crippen LogP contribution in [0.4, 0.5) is 5.82 Å². The number of nitrogens with zero attached hydrogens (tertiary/aromatic N) is 3.